The number of nitrogens with one attached hydrogen (secondary N) is 1. The van der Waals surface area contributed by atoms with Gasteiger partial charge in [0.1, 0.15) is 0 Å². The van der Waals surface area contributed by atoms with Gasteiger partial charge in [0.15, 0.2) is 0 Å². The zero-order valence-electron chi connectivity index (χ0n) is 13.2. The Labute approximate surface area is 135 Å². The Hall–Kier alpha value is -2.69. The van der Waals surface area contributed by atoms with Crippen molar-refractivity contribution < 1.29 is 9.59 Å². The number of pyridine rings is 1. The summed E-state index contributed by atoms with van der Waals surface area (Å²) in [5, 5.41) is 2.85. The van der Waals surface area contributed by atoms with Crippen molar-refractivity contribution in [1.82, 2.24) is 15.2 Å². The van der Waals surface area contributed by atoms with Crippen molar-refractivity contribution in [2.45, 2.75) is 12.3 Å². The van der Waals surface area contributed by atoms with Crippen LogP contribution in [0, 0.1) is 0 Å². The van der Waals surface area contributed by atoms with Crippen LogP contribution in [0.15, 0.2) is 42.7 Å². The molecule has 1 aromatic heterocycles. The Morgan fingerprint density at radius 1 is 1.17 bits per heavy atom. The molecule has 1 unspecified atom stereocenters. The molecule has 1 fully saturated rings. The van der Waals surface area contributed by atoms with Gasteiger partial charge in [-0.2, -0.15) is 0 Å². The third-order valence-corrected chi connectivity index (χ3v) is 4.08. The number of amides is 2. The van der Waals surface area contributed by atoms with Crippen LogP contribution in [0.1, 0.15) is 28.3 Å². The van der Waals surface area contributed by atoms with Crippen LogP contribution in [0.4, 0.5) is 0 Å². The fourth-order valence-corrected chi connectivity index (χ4v) is 2.76. The molecule has 118 valence electrons. The molecule has 1 N–H and O–H groups in total. The highest BCUT2D eigenvalue weighted by atomic mass is 16.2. The van der Waals surface area contributed by atoms with Gasteiger partial charge in [-0.3, -0.25) is 14.6 Å². The summed E-state index contributed by atoms with van der Waals surface area (Å²) in [5.41, 5.74) is 3.64. The van der Waals surface area contributed by atoms with Crippen molar-refractivity contribution in [3.05, 3.63) is 53.9 Å². The van der Waals surface area contributed by atoms with Crippen LogP contribution in [0.25, 0.3) is 11.1 Å². The molecular formula is C18H19N3O2. The van der Waals surface area contributed by atoms with Crippen LogP contribution >= 0.6 is 0 Å². The van der Waals surface area contributed by atoms with Crippen LogP contribution < -0.4 is 5.32 Å². The molecule has 2 amide bonds. The molecule has 1 aliphatic rings. The summed E-state index contributed by atoms with van der Waals surface area (Å²) < 4.78 is 0. The summed E-state index contributed by atoms with van der Waals surface area (Å²) in [6.45, 7) is 0.701. The molecule has 23 heavy (non-hydrogen) atoms. The minimum atomic E-state index is -0.0634. The standard InChI is InChI=1S/C18H19N3O2/c1-21(2)18(23)16-7-14(9-19-10-16)12-3-5-13(6-4-12)15-8-17(22)20-11-15/h3-7,9-10,15H,8,11H2,1-2H3,(H,20,22). The molecule has 1 aliphatic heterocycles. The number of benzene rings is 1. The second-order valence-electron chi connectivity index (χ2n) is 5.99. The van der Waals surface area contributed by atoms with E-state index in [9.17, 15) is 9.59 Å². The molecule has 0 bridgehead atoms. The van der Waals surface area contributed by atoms with Crippen LogP contribution in [-0.2, 0) is 4.79 Å². The maximum absolute atomic E-state index is 12.0. The Balaban J connectivity index is 1.83. The Morgan fingerprint density at radius 2 is 1.91 bits per heavy atom. The smallest absolute Gasteiger partial charge is 0.254 e. The maximum atomic E-state index is 12.0. The summed E-state index contributed by atoms with van der Waals surface area (Å²) in [6.07, 6.45) is 3.88. The van der Waals surface area contributed by atoms with E-state index in [1.54, 1.807) is 26.5 Å². The average molecular weight is 309 g/mol. The topological polar surface area (TPSA) is 62.3 Å². The van der Waals surface area contributed by atoms with E-state index < -0.39 is 0 Å². The average Bonchev–Trinajstić information content (AvgIpc) is 3.01. The number of carbonyl (C=O) groups excluding carboxylic acids is 2. The van der Waals surface area contributed by atoms with E-state index in [4.69, 9.17) is 0 Å². The highest BCUT2D eigenvalue weighted by Gasteiger charge is 2.22. The molecule has 1 atom stereocenters. The predicted octanol–water partition coefficient (Wildman–Crippen LogP) is 2.05. The van der Waals surface area contributed by atoms with Crippen LogP contribution in [-0.4, -0.2) is 42.3 Å². The normalized spacial score (nSPS) is 17.0. The van der Waals surface area contributed by atoms with E-state index >= 15 is 0 Å². The molecule has 5 heteroatoms. The summed E-state index contributed by atoms with van der Waals surface area (Å²) in [4.78, 5) is 29.1. The van der Waals surface area contributed by atoms with Gasteiger partial charge in [-0.1, -0.05) is 24.3 Å². The van der Waals surface area contributed by atoms with E-state index in [2.05, 4.69) is 10.3 Å². The fraction of sp³-hybridized carbons (Fsp3) is 0.278. The van der Waals surface area contributed by atoms with Gasteiger partial charge in [0.05, 0.1) is 5.56 Å². The van der Waals surface area contributed by atoms with Crippen LogP contribution in [0.2, 0.25) is 0 Å². The summed E-state index contributed by atoms with van der Waals surface area (Å²) in [5.74, 6) is 0.293. The monoisotopic (exact) mass is 309 g/mol. The predicted molar refractivity (Wildman–Crippen MR) is 88.1 cm³/mol. The van der Waals surface area contributed by atoms with E-state index in [1.807, 2.05) is 30.3 Å². The van der Waals surface area contributed by atoms with Gasteiger partial charge in [-0.25, -0.2) is 0 Å². The Bertz CT molecular complexity index is 738. The minimum Gasteiger partial charge on any atom is -0.355 e. The fourth-order valence-electron chi connectivity index (χ4n) is 2.76. The third kappa shape index (κ3) is 3.23. The molecular weight excluding hydrogens is 290 g/mol. The number of hydrogen-bond acceptors (Lipinski definition) is 3. The van der Waals surface area contributed by atoms with Gasteiger partial charge in [-0.15, -0.1) is 0 Å². The Morgan fingerprint density at radius 3 is 2.52 bits per heavy atom. The molecule has 1 aromatic carbocycles. The van der Waals surface area contributed by atoms with E-state index in [0.717, 1.165) is 16.7 Å². The van der Waals surface area contributed by atoms with Crippen molar-refractivity contribution in [2.75, 3.05) is 20.6 Å². The maximum Gasteiger partial charge on any atom is 0.254 e. The van der Waals surface area contributed by atoms with Gasteiger partial charge in [0, 0.05) is 50.9 Å². The van der Waals surface area contributed by atoms with Gasteiger partial charge in [0.2, 0.25) is 5.91 Å². The molecule has 2 heterocycles. The van der Waals surface area contributed by atoms with Gasteiger partial charge in [0.25, 0.3) is 5.91 Å². The lowest BCUT2D eigenvalue weighted by molar-refractivity contribution is -0.119. The first kappa shape index (κ1) is 15.2. The molecule has 0 saturated carbocycles. The largest absolute Gasteiger partial charge is 0.355 e. The summed E-state index contributed by atoms with van der Waals surface area (Å²) >= 11 is 0. The third-order valence-electron chi connectivity index (χ3n) is 4.08. The molecule has 0 aliphatic carbocycles. The lowest BCUT2D eigenvalue weighted by Crippen LogP contribution is -2.21. The quantitative estimate of drug-likeness (QED) is 0.944. The van der Waals surface area contributed by atoms with Crippen molar-refractivity contribution in [2.24, 2.45) is 0 Å². The molecule has 0 radical (unpaired) electrons. The first-order valence-electron chi connectivity index (χ1n) is 7.58. The van der Waals surface area contributed by atoms with Crippen molar-refractivity contribution >= 4 is 11.8 Å². The van der Waals surface area contributed by atoms with Crippen molar-refractivity contribution in [3.63, 3.8) is 0 Å². The molecule has 3 rings (SSSR count). The zero-order valence-corrected chi connectivity index (χ0v) is 13.2. The first-order chi connectivity index (χ1) is 11.0. The second-order valence-corrected chi connectivity index (χ2v) is 5.99. The molecule has 0 spiro atoms. The van der Waals surface area contributed by atoms with Gasteiger partial charge >= 0.3 is 0 Å². The number of carbonyl (C=O) groups is 2. The minimum absolute atomic E-state index is 0.0634. The van der Waals surface area contributed by atoms with Crippen molar-refractivity contribution in [3.8, 4) is 11.1 Å². The zero-order chi connectivity index (χ0) is 16.4. The molecule has 2 aromatic rings. The highest BCUT2D eigenvalue weighted by Crippen LogP contribution is 2.26. The summed E-state index contributed by atoms with van der Waals surface area (Å²) in [7, 11) is 3.45. The Kier molecular flexibility index (Phi) is 4.10. The molecule has 5 nitrogen and oxygen atoms in total. The van der Waals surface area contributed by atoms with E-state index in [-0.39, 0.29) is 17.7 Å². The van der Waals surface area contributed by atoms with E-state index in [0.29, 0.717) is 18.5 Å². The molecule has 1 saturated heterocycles. The second kappa shape index (κ2) is 6.20. The van der Waals surface area contributed by atoms with Crippen molar-refractivity contribution in [1.29, 1.82) is 0 Å². The SMILES string of the molecule is CN(C)C(=O)c1cncc(-c2ccc(C3CNC(=O)C3)cc2)c1. The number of rotatable bonds is 3. The van der Waals surface area contributed by atoms with Crippen LogP contribution in [0.5, 0.6) is 0 Å². The lowest BCUT2D eigenvalue weighted by Gasteiger charge is -2.12. The first-order valence-corrected chi connectivity index (χ1v) is 7.58. The highest BCUT2D eigenvalue weighted by molar-refractivity contribution is 5.94. The number of nitrogens with zero attached hydrogens (tertiary/aromatic N) is 2. The number of hydrogen-bond donors (Lipinski definition) is 1. The van der Waals surface area contributed by atoms with Gasteiger partial charge in [-0.05, 0) is 17.2 Å². The van der Waals surface area contributed by atoms with E-state index in [1.165, 1.54) is 4.90 Å². The number of aromatic nitrogens is 1. The summed E-state index contributed by atoms with van der Waals surface area (Å²) in [6, 6.07) is 9.96. The lowest BCUT2D eigenvalue weighted by atomic mass is 9.95. The van der Waals surface area contributed by atoms with Gasteiger partial charge < -0.3 is 10.2 Å². The van der Waals surface area contributed by atoms with Crippen LogP contribution in [0.3, 0.4) is 0 Å².